The number of aryl methyl sites for hydroxylation is 1. The van der Waals surface area contributed by atoms with Crippen molar-refractivity contribution in [3.63, 3.8) is 0 Å². The summed E-state index contributed by atoms with van der Waals surface area (Å²) in [5.74, 6) is 0. The zero-order chi connectivity index (χ0) is 29.9. The smallest absolute Gasteiger partial charge is 0.0468 e. The average molecular weight is 570 g/mol. The third kappa shape index (κ3) is 5.08. The first-order valence-electron chi connectivity index (χ1n) is 15.2. The van der Waals surface area contributed by atoms with Gasteiger partial charge in [0.05, 0.1) is 0 Å². The molecule has 214 valence electrons. The van der Waals surface area contributed by atoms with Gasteiger partial charge in [-0.15, -0.1) is 0 Å². The maximum atomic E-state index is 6.26. The highest BCUT2D eigenvalue weighted by Gasteiger charge is 2.18. The van der Waals surface area contributed by atoms with Gasteiger partial charge in [0.1, 0.15) is 0 Å². The Hall–Kier alpha value is -5.38. The van der Waals surface area contributed by atoms with Gasteiger partial charge in [-0.05, 0) is 125 Å². The number of para-hydroxylation sites is 4. The molecule has 3 nitrogen and oxygen atoms in total. The highest BCUT2D eigenvalue weighted by atomic mass is 15.1. The summed E-state index contributed by atoms with van der Waals surface area (Å²) in [6.07, 6.45) is 0.809. The topological polar surface area (TPSA) is 32.5 Å². The van der Waals surface area contributed by atoms with Crippen LogP contribution < -0.4 is 15.5 Å². The second kappa shape index (κ2) is 12.1. The number of anilines is 6. The molecule has 2 N–H and O–H groups in total. The third-order valence-corrected chi connectivity index (χ3v) is 8.45. The summed E-state index contributed by atoms with van der Waals surface area (Å²) in [5.41, 5.74) is 15.6. The molecule has 0 saturated heterocycles. The first kappa shape index (κ1) is 27.5. The lowest BCUT2D eigenvalue weighted by Gasteiger charge is -2.27. The van der Waals surface area contributed by atoms with Gasteiger partial charge in [-0.3, -0.25) is 0 Å². The van der Waals surface area contributed by atoms with E-state index >= 15 is 0 Å². The number of hydrogen-bond acceptors (Lipinski definition) is 3. The molecule has 0 aromatic heterocycles. The summed E-state index contributed by atoms with van der Waals surface area (Å²) in [7, 11) is 0. The van der Waals surface area contributed by atoms with Crippen LogP contribution in [0.2, 0.25) is 0 Å². The molecular formula is C41H35N3. The quantitative estimate of drug-likeness (QED) is 0.185. The molecular weight excluding hydrogens is 534 g/mol. The van der Waals surface area contributed by atoms with E-state index in [1.807, 2.05) is 0 Å². The van der Waals surface area contributed by atoms with E-state index in [0.29, 0.717) is 6.54 Å². The van der Waals surface area contributed by atoms with Gasteiger partial charge in [0.15, 0.2) is 0 Å². The van der Waals surface area contributed by atoms with Crippen LogP contribution in [0.25, 0.3) is 21.5 Å². The minimum Gasteiger partial charge on any atom is -0.330 e. The van der Waals surface area contributed by atoms with Gasteiger partial charge >= 0.3 is 0 Å². The molecule has 3 heteroatoms. The molecule has 0 saturated carbocycles. The van der Waals surface area contributed by atoms with Gasteiger partial charge in [0.2, 0.25) is 0 Å². The maximum absolute atomic E-state index is 6.26. The van der Waals surface area contributed by atoms with Crippen LogP contribution in [0.4, 0.5) is 34.1 Å². The van der Waals surface area contributed by atoms with Crippen LogP contribution in [0.3, 0.4) is 0 Å². The zero-order valence-electron chi connectivity index (χ0n) is 24.9. The molecule has 0 amide bonds. The molecule has 7 rings (SSSR count). The molecule has 0 heterocycles. The van der Waals surface area contributed by atoms with E-state index < -0.39 is 0 Å². The lowest BCUT2D eigenvalue weighted by atomic mass is 9.90. The van der Waals surface area contributed by atoms with Crippen molar-refractivity contribution in [1.82, 2.24) is 0 Å². The Morgan fingerprint density at radius 3 is 1.16 bits per heavy atom. The number of hydrogen-bond donors (Lipinski definition) is 1. The van der Waals surface area contributed by atoms with Gasteiger partial charge in [-0.1, -0.05) is 84.9 Å². The van der Waals surface area contributed by atoms with Crippen LogP contribution in [0, 0.1) is 6.92 Å². The molecule has 0 aliphatic carbocycles. The first-order valence-corrected chi connectivity index (χ1v) is 15.2. The Labute approximate surface area is 259 Å². The summed E-state index contributed by atoms with van der Waals surface area (Å²) in [6.45, 7) is 2.84. The van der Waals surface area contributed by atoms with Crippen molar-refractivity contribution in [2.45, 2.75) is 13.3 Å². The minimum absolute atomic E-state index is 0.590. The molecule has 0 spiro atoms. The molecule has 0 fully saturated rings. The normalized spacial score (nSPS) is 11.1. The Morgan fingerprint density at radius 2 is 0.773 bits per heavy atom. The SMILES string of the molecule is Cc1c(CCN)c2cc(N(c3ccccc3)c3ccccc3)ccc2c2ccc(N(c3ccccc3)c3ccccc3)cc12. The predicted octanol–water partition coefficient (Wildman–Crippen LogP) is 10.7. The Morgan fingerprint density at radius 1 is 0.409 bits per heavy atom. The fourth-order valence-corrected chi connectivity index (χ4v) is 6.41. The Kier molecular flexibility index (Phi) is 7.54. The Bertz CT molecular complexity index is 1940. The van der Waals surface area contributed by atoms with Crippen LogP contribution >= 0.6 is 0 Å². The second-order valence-corrected chi connectivity index (χ2v) is 11.1. The number of rotatable bonds is 8. The Balaban J connectivity index is 1.43. The fraction of sp³-hybridized carbons (Fsp3) is 0.0732. The molecule has 0 unspecified atom stereocenters. The van der Waals surface area contributed by atoms with Crippen LogP contribution in [0.1, 0.15) is 11.1 Å². The molecule has 0 aliphatic rings. The summed E-state index contributed by atoms with van der Waals surface area (Å²) in [5, 5.41) is 5.01. The summed E-state index contributed by atoms with van der Waals surface area (Å²) in [4.78, 5) is 4.65. The number of benzene rings is 7. The fourth-order valence-electron chi connectivity index (χ4n) is 6.41. The van der Waals surface area contributed by atoms with E-state index in [4.69, 9.17) is 5.73 Å². The van der Waals surface area contributed by atoms with Crippen molar-refractivity contribution in [3.8, 4) is 0 Å². The predicted molar refractivity (Wildman–Crippen MR) is 188 cm³/mol. The van der Waals surface area contributed by atoms with E-state index in [1.54, 1.807) is 0 Å². The summed E-state index contributed by atoms with van der Waals surface area (Å²) >= 11 is 0. The van der Waals surface area contributed by atoms with Crippen LogP contribution in [0.15, 0.2) is 158 Å². The van der Waals surface area contributed by atoms with Crippen molar-refractivity contribution in [2.75, 3.05) is 16.3 Å². The molecule has 7 aromatic rings. The average Bonchev–Trinajstić information content (AvgIpc) is 3.09. The largest absolute Gasteiger partial charge is 0.330 e. The molecule has 44 heavy (non-hydrogen) atoms. The second-order valence-electron chi connectivity index (χ2n) is 11.1. The highest BCUT2D eigenvalue weighted by Crippen LogP contribution is 2.42. The highest BCUT2D eigenvalue weighted by molar-refractivity contribution is 6.12. The van der Waals surface area contributed by atoms with Gasteiger partial charge < -0.3 is 15.5 Å². The van der Waals surface area contributed by atoms with E-state index in [9.17, 15) is 0 Å². The van der Waals surface area contributed by atoms with Gasteiger partial charge in [-0.25, -0.2) is 0 Å². The van der Waals surface area contributed by atoms with Gasteiger partial charge in [-0.2, -0.15) is 0 Å². The summed E-state index contributed by atoms with van der Waals surface area (Å²) < 4.78 is 0. The zero-order valence-corrected chi connectivity index (χ0v) is 24.9. The molecule has 0 radical (unpaired) electrons. The van der Waals surface area contributed by atoms with Crippen LogP contribution in [-0.4, -0.2) is 6.54 Å². The lowest BCUT2D eigenvalue weighted by molar-refractivity contribution is 0.970. The van der Waals surface area contributed by atoms with Crippen LogP contribution in [0.5, 0.6) is 0 Å². The third-order valence-electron chi connectivity index (χ3n) is 8.45. The van der Waals surface area contributed by atoms with Crippen molar-refractivity contribution in [2.24, 2.45) is 5.73 Å². The van der Waals surface area contributed by atoms with E-state index in [1.165, 1.54) is 32.7 Å². The van der Waals surface area contributed by atoms with E-state index in [0.717, 1.165) is 40.5 Å². The minimum atomic E-state index is 0.590. The van der Waals surface area contributed by atoms with E-state index in [2.05, 4.69) is 174 Å². The first-order chi connectivity index (χ1) is 21.7. The van der Waals surface area contributed by atoms with E-state index in [-0.39, 0.29) is 0 Å². The number of nitrogens with two attached hydrogens (primary N) is 1. The molecule has 0 atom stereocenters. The van der Waals surface area contributed by atoms with Gasteiger partial charge in [0.25, 0.3) is 0 Å². The maximum Gasteiger partial charge on any atom is 0.0468 e. The number of fused-ring (bicyclic) bond motifs is 3. The number of nitrogens with zero attached hydrogens (tertiary/aromatic N) is 2. The molecule has 7 aromatic carbocycles. The van der Waals surface area contributed by atoms with Gasteiger partial charge in [0, 0.05) is 34.1 Å². The standard InChI is InChI=1S/C41H35N3/c1-30-37(26-27-42)41-29-36(44(33-18-10-4-11-19-33)34-20-12-5-13-21-34)23-25-39(41)38-24-22-35(28-40(30)38)43(31-14-6-2-7-15-31)32-16-8-3-9-17-32/h2-25,28-29H,26-27,42H2,1H3. The van der Waals surface area contributed by atoms with Crippen LogP contribution in [-0.2, 0) is 6.42 Å². The lowest BCUT2D eigenvalue weighted by Crippen LogP contribution is -2.11. The molecule has 0 bridgehead atoms. The monoisotopic (exact) mass is 569 g/mol. The van der Waals surface area contributed by atoms with Crippen molar-refractivity contribution in [1.29, 1.82) is 0 Å². The van der Waals surface area contributed by atoms with Crippen molar-refractivity contribution < 1.29 is 0 Å². The van der Waals surface area contributed by atoms with Crippen molar-refractivity contribution in [3.05, 3.63) is 169 Å². The summed E-state index contributed by atoms with van der Waals surface area (Å²) in [6, 6.07) is 56.1. The van der Waals surface area contributed by atoms with Crippen molar-refractivity contribution >= 4 is 55.7 Å². The molecule has 0 aliphatic heterocycles.